The second kappa shape index (κ2) is 8.15. The van der Waals surface area contributed by atoms with E-state index in [9.17, 15) is 9.18 Å². The number of benzene rings is 2. The molecule has 0 aliphatic carbocycles. The summed E-state index contributed by atoms with van der Waals surface area (Å²) < 4.78 is 13.6. The Labute approximate surface area is 148 Å². The molecule has 0 saturated carbocycles. The number of nitrogens with zero attached hydrogens (tertiary/aromatic N) is 1. The van der Waals surface area contributed by atoms with Crippen molar-refractivity contribution in [2.24, 2.45) is 5.92 Å². The van der Waals surface area contributed by atoms with Crippen LogP contribution in [0.1, 0.15) is 30.9 Å². The molecule has 1 fully saturated rings. The Bertz CT molecular complexity index is 714. The zero-order chi connectivity index (χ0) is 17.6. The number of piperidine rings is 1. The van der Waals surface area contributed by atoms with Crippen LogP contribution in [0.15, 0.2) is 48.5 Å². The zero-order valence-corrected chi connectivity index (χ0v) is 14.7. The zero-order valence-electron chi connectivity index (χ0n) is 14.7. The lowest BCUT2D eigenvalue weighted by molar-refractivity contribution is -0.120. The minimum Gasteiger partial charge on any atom is -0.371 e. The molecule has 1 aliphatic heterocycles. The third kappa shape index (κ3) is 4.81. The quantitative estimate of drug-likeness (QED) is 0.895. The number of hydrogen-bond acceptors (Lipinski definition) is 2. The standard InChI is InChI=1S/C21H25FN2O/c1-16-5-4-12-24(15-16)19-10-8-17(9-11-19)14-23-21(25)13-18-6-2-3-7-20(18)22/h2-3,6-11,16H,4-5,12-15H2,1H3,(H,23,25). The highest BCUT2D eigenvalue weighted by atomic mass is 19.1. The summed E-state index contributed by atoms with van der Waals surface area (Å²) in [6.07, 6.45) is 2.62. The first-order chi connectivity index (χ1) is 12.1. The van der Waals surface area contributed by atoms with Crippen molar-refractivity contribution < 1.29 is 9.18 Å². The summed E-state index contributed by atoms with van der Waals surface area (Å²) in [5.41, 5.74) is 2.72. The SMILES string of the molecule is CC1CCCN(c2ccc(CNC(=O)Cc3ccccc3F)cc2)C1. The maximum absolute atomic E-state index is 13.6. The highest BCUT2D eigenvalue weighted by Gasteiger charge is 2.16. The number of rotatable bonds is 5. The van der Waals surface area contributed by atoms with Crippen molar-refractivity contribution >= 4 is 11.6 Å². The molecule has 2 aromatic carbocycles. The molecule has 1 heterocycles. The molecule has 0 aromatic heterocycles. The molecule has 0 bridgehead atoms. The summed E-state index contributed by atoms with van der Waals surface area (Å²) in [7, 11) is 0. The van der Waals surface area contributed by atoms with Gasteiger partial charge in [-0.15, -0.1) is 0 Å². The van der Waals surface area contributed by atoms with Gasteiger partial charge >= 0.3 is 0 Å². The maximum atomic E-state index is 13.6. The smallest absolute Gasteiger partial charge is 0.224 e. The van der Waals surface area contributed by atoms with E-state index in [1.165, 1.54) is 24.6 Å². The van der Waals surface area contributed by atoms with E-state index in [-0.39, 0.29) is 18.1 Å². The molecule has 25 heavy (non-hydrogen) atoms. The molecule has 1 saturated heterocycles. The van der Waals surface area contributed by atoms with Crippen molar-refractivity contribution in [1.82, 2.24) is 5.32 Å². The highest BCUT2D eigenvalue weighted by Crippen LogP contribution is 2.23. The molecule has 1 aliphatic rings. The number of anilines is 1. The fourth-order valence-electron chi connectivity index (χ4n) is 3.33. The first-order valence-corrected chi connectivity index (χ1v) is 8.96. The number of nitrogens with one attached hydrogen (secondary N) is 1. The van der Waals surface area contributed by atoms with Crippen LogP contribution in [0.5, 0.6) is 0 Å². The maximum Gasteiger partial charge on any atom is 0.224 e. The van der Waals surface area contributed by atoms with Gasteiger partial charge < -0.3 is 10.2 Å². The van der Waals surface area contributed by atoms with Gasteiger partial charge in [0.05, 0.1) is 6.42 Å². The molecule has 0 radical (unpaired) electrons. The van der Waals surface area contributed by atoms with Crippen molar-refractivity contribution in [3.63, 3.8) is 0 Å². The van der Waals surface area contributed by atoms with Crippen molar-refractivity contribution in [1.29, 1.82) is 0 Å². The topological polar surface area (TPSA) is 32.3 Å². The van der Waals surface area contributed by atoms with Crippen molar-refractivity contribution in [3.05, 3.63) is 65.5 Å². The van der Waals surface area contributed by atoms with E-state index in [4.69, 9.17) is 0 Å². The predicted molar refractivity (Wildman–Crippen MR) is 99.0 cm³/mol. The monoisotopic (exact) mass is 340 g/mol. The average molecular weight is 340 g/mol. The van der Waals surface area contributed by atoms with E-state index >= 15 is 0 Å². The van der Waals surface area contributed by atoms with Gasteiger partial charge in [0, 0.05) is 25.3 Å². The summed E-state index contributed by atoms with van der Waals surface area (Å²) in [6, 6.07) is 14.7. The van der Waals surface area contributed by atoms with Gasteiger partial charge in [0.15, 0.2) is 0 Å². The molecule has 1 unspecified atom stereocenters. The Morgan fingerprint density at radius 3 is 2.68 bits per heavy atom. The number of carbonyl (C=O) groups excluding carboxylic acids is 1. The van der Waals surface area contributed by atoms with Crippen LogP contribution in [-0.2, 0) is 17.8 Å². The van der Waals surface area contributed by atoms with Crippen molar-refractivity contribution in [2.45, 2.75) is 32.7 Å². The van der Waals surface area contributed by atoms with Crippen LogP contribution in [0.3, 0.4) is 0 Å². The van der Waals surface area contributed by atoms with Crippen molar-refractivity contribution in [3.8, 4) is 0 Å². The van der Waals surface area contributed by atoms with E-state index in [0.29, 0.717) is 12.1 Å². The second-order valence-electron chi connectivity index (χ2n) is 6.90. The fourth-order valence-corrected chi connectivity index (χ4v) is 3.33. The van der Waals surface area contributed by atoms with Gasteiger partial charge in [0.2, 0.25) is 5.91 Å². The Balaban J connectivity index is 1.51. The van der Waals surface area contributed by atoms with Gasteiger partial charge in [-0.3, -0.25) is 4.79 Å². The highest BCUT2D eigenvalue weighted by molar-refractivity contribution is 5.78. The van der Waals surface area contributed by atoms with Crippen molar-refractivity contribution in [2.75, 3.05) is 18.0 Å². The molecular formula is C21H25FN2O. The lowest BCUT2D eigenvalue weighted by Gasteiger charge is -2.32. The van der Waals surface area contributed by atoms with Crippen LogP contribution in [0.2, 0.25) is 0 Å². The molecule has 3 rings (SSSR count). The Kier molecular flexibility index (Phi) is 5.69. The van der Waals surface area contributed by atoms with Gasteiger partial charge in [0.25, 0.3) is 0 Å². The molecule has 3 nitrogen and oxygen atoms in total. The van der Waals surface area contributed by atoms with Crippen LogP contribution in [0, 0.1) is 11.7 Å². The first kappa shape index (κ1) is 17.5. The van der Waals surface area contributed by atoms with Gasteiger partial charge in [0.1, 0.15) is 5.82 Å². The minimum absolute atomic E-state index is 0.0659. The lowest BCUT2D eigenvalue weighted by atomic mass is 9.99. The Morgan fingerprint density at radius 1 is 1.20 bits per heavy atom. The average Bonchev–Trinajstić information content (AvgIpc) is 2.62. The second-order valence-corrected chi connectivity index (χ2v) is 6.90. The van der Waals surface area contributed by atoms with Crippen LogP contribution >= 0.6 is 0 Å². The van der Waals surface area contributed by atoms with E-state index in [1.807, 2.05) is 0 Å². The first-order valence-electron chi connectivity index (χ1n) is 8.96. The lowest BCUT2D eigenvalue weighted by Crippen LogP contribution is -2.34. The van der Waals surface area contributed by atoms with E-state index in [0.717, 1.165) is 24.6 Å². The number of carbonyl (C=O) groups is 1. The van der Waals surface area contributed by atoms with Gasteiger partial charge in [-0.2, -0.15) is 0 Å². The normalized spacial score (nSPS) is 17.4. The number of hydrogen-bond donors (Lipinski definition) is 1. The molecule has 1 N–H and O–H groups in total. The molecule has 1 atom stereocenters. The van der Waals surface area contributed by atoms with Gasteiger partial charge in [-0.1, -0.05) is 37.3 Å². The fraction of sp³-hybridized carbons (Fsp3) is 0.381. The summed E-state index contributed by atoms with van der Waals surface area (Å²) >= 11 is 0. The third-order valence-electron chi connectivity index (χ3n) is 4.76. The summed E-state index contributed by atoms with van der Waals surface area (Å²) in [6.45, 7) is 4.98. The van der Waals surface area contributed by atoms with E-state index in [2.05, 4.69) is 41.4 Å². The Hall–Kier alpha value is -2.36. The predicted octanol–water partition coefficient (Wildman–Crippen LogP) is 3.92. The molecule has 132 valence electrons. The molecule has 2 aromatic rings. The van der Waals surface area contributed by atoms with Crippen LogP contribution in [0.4, 0.5) is 10.1 Å². The minimum atomic E-state index is -0.335. The van der Waals surface area contributed by atoms with Gasteiger partial charge in [-0.25, -0.2) is 4.39 Å². The third-order valence-corrected chi connectivity index (χ3v) is 4.76. The summed E-state index contributed by atoms with van der Waals surface area (Å²) in [5.74, 6) is 0.239. The van der Waals surface area contributed by atoms with E-state index in [1.54, 1.807) is 18.2 Å². The molecular weight excluding hydrogens is 315 g/mol. The molecule has 1 amide bonds. The summed E-state index contributed by atoms with van der Waals surface area (Å²) in [5, 5.41) is 2.86. The van der Waals surface area contributed by atoms with Crippen LogP contribution in [0.25, 0.3) is 0 Å². The van der Waals surface area contributed by atoms with Crippen LogP contribution in [-0.4, -0.2) is 19.0 Å². The Morgan fingerprint density at radius 2 is 1.96 bits per heavy atom. The largest absolute Gasteiger partial charge is 0.371 e. The number of halogens is 1. The number of amides is 1. The molecule has 0 spiro atoms. The van der Waals surface area contributed by atoms with Gasteiger partial charge in [-0.05, 0) is 48.1 Å². The molecule has 4 heteroatoms. The van der Waals surface area contributed by atoms with Crippen LogP contribution < -0.4 is 10.2 Å². The van der Waals surface area contributed by atoms with E-state index < -0.39 is 0 Å². The summed E-state index contributed by atoms with van der Waals surface area (Å²) in [4.78, 5) is 14.4.